The molecule has 2 aliphatic carbocycles. The quantitative estimate of drug-likeness (QED) is 0.686. The van der Waals surface area contributed by atoms with Crippen molar-refractivity contribution in [2.45, 2.75) is 44.8 Å². The van der Waals surface area contributed by atoms with Crippen LogP contribution >= 0.6 is 0 Å². The van der Waals surface area contributed by atoms with E-state index in [1.54, 1.807) is 6.92 Å². The molecule has 4 heteroatoms. The SMILES string of the molecule is CCOC(=O)OC12CC1(C)CCC2O. The maximum atomic E-state index is 11.2. The fraction of sp³-hybridized carbons (Fsp3) is 0.900. The zero-order valence-corrected chi connectivity index (χ0v) is 8.58. The monoisotopic (exact) mass is 200 g/mol. The fourth-order valence-corrected chi connectivity index (χ4v) is 2.57. The van der Waals surface area contributed by atoms with Crippen molar-refractivity contribution < 1.29 is 19.4 Å². The Hall–Kier alpha value is -0.770. The van der Waals surface area contributed by atoms with Crippen molar-refractivity contribution >= 4 is 6.16 Å². The van der Waals surface area contributed by atoms with Crippen LogP contribution in [0.4, 0.5) is 4.79 Å². The van der Waals surface area contributed by atoms with Gasteiger partial charge in [0.05, 0.1) is 12.7 Å². The van der Waals surface area contributed by atoms with E-state index >= 15 is 0 Å². The van der Waals surface area contributed by atoms with Crippen LogP contribution in [0.3, 0.4) is 0 Å². The molecule has 0 aromatic carbocycles. The maximum absolute atomic E-state index is 11.2. The summed E-state index contributed by atoms with van der Waals surface area (Å²) in [6.45, 7) is 4.08. The maximum Gasteiger partial charge on any atom is 0.508 e. The van der Waals surface area contributed by atoms with Crippen molar-refractivity contribution in [2.24, 2.45) is 5.41 Å². The molecule has 0 bridgehead atoms. The highest BCUT2D eigenvalue weighted by atomic mass is 16.7. The molecule has 1 N–H and O–H groups in total. The van der Waals surface area contributed by atoms with Crippen LogP contribution in [-0.4, -0.2) is 29.6 Å². The predicted molar refractivity (Wildman–Crippen MR) is 48.8 cm³/mol. The second kappa shape index (κ2) is 2.86. The molecule has 0 heterocycles. The van der Waals surface area contributed by atoms with Gasteiger partial charge in [-0.1, -0.05) is 6.92 Å². The first-order chi connectivity index (χ1) is 6.54. The van der Waals surface area contributed by atoms with E-state index in [0.717, 1.165) is 19.3 Å². The predicted octanol–water partition coefficient (Wildman–Crippen LogP) is 1.46. The minimum atomic E-state index is -0.655. The van der Waals surface area contributed by atoms with Gasteiger partial charge in [-0.3, -0.25) is 0 Å². The van der Waals surface area contributed by atoms with Gasteiger partial charge in [0.2, 0.25) is 0 Å². The largest absolute Gasteiger partial charge is 0.508 e. The fourth-order valence-electron chi connectivity index (χ4n) is 2.57. The number of carbonyl (C=O) groups is 1. The molecule has 0 saturated heterocycles. The standard InChI is InChI=1S/C10H16O4/c1-3-13-8(12)14-10-6-9(10,2)5-4-7(10)11/h7,11H,3-6H2,1-2H3. The number of aliphatic hydroxyl groups excluding tert-OH is 1. The lowest BCUT2D eigenvalue weighted by atomic mass is 10.1. The van der Waals surface area contributed by atoms with Crippen LogP contribution in [0.1, 0.15) is 33.1 Å². The molecule has 2 fully saturated rings. The van der Waals surface area contributed by atoms with Crippen LogP contribution in [-0.2, 0) is 9.47 Å². The molecule has 2 aliphatic rings. The molecular formula is C10H16O4. The third-order valence-electron chi connectivity index (χ3n) is 3.58. The molecule has 0 amide bonds. The molecule has 4 nitrogen and oxygen atoms in total. The summed E-state index contributed by atoms with van der Waals surface area (Å²) in [6.07, 6.45) is 1.23. The summed E-state index contributed by atoms with van der Waals surface area (Å²) < 4.78 is 9.93. The van der Waals surface area contributed by atoms with E-state index in [-0.39, 0.29) is 5.41 Å². The van der Waals surface area contributed by atoms with Crippen molar-refractivity contribution in [3.8, 4) is 0 Å². The Kier molecular flexibility index (Phi) is 2.00. The number of ether oxygens (including phenoxy) is 2. The van der Waals surface area contributed by atoms with Gasteiger partial charge in [0.1, 0.15) is 5.60 Å². The van der Waals surface area contributed by atoms with E-state index in [9.17, 15) is 9.90 Å². The molecule has 0 aliphatic heterocycles. The first-order valence-corrected chi connectivity index (χ1v) is 5.08. The van der Waals surface area contributed by atoms with Crippen molar-refractivity contribution in [3.63, 3.8) is 0 Å². The van der Waals surface area contributed by atoms with Gasteiger partial charge in [-0.25, -0.2) is 4.79 Å². The summed E-state index contributed by atoms with van der Waals surface area (Å²) in [4.78, 5) is 11.2. The third-order valence-corrected chi connectivity index (χ3v) is 3.58. The van der Waals surface area contributed by atoms with E-state index in [4.69, 9.17) is 9.47 Å². The van der Waals surface area contributed by atoms with Gasteiger partial charge in [-0.2, -0.15) is 0 Å². The number of hydrogen-bond donors (Lipinski definition) is 1. The number of hydrogen-bond acceptors (Lipinski definition) is 4. The Labute approximate surface area is 83.2 Å². The molecule has 0 radical (unpaired) electrons. The summed E-state index contributed by atoms with van der Waals surface area (Å²) in [6, 6.07) is 0. The van der Waals surface area contributed by atoms with Gasteiger partial charge in [-0.05, 0) is 26.2 Å². The van der Waals surface area contributed by atoms with E-state index < -0.39 is 17.9 Å². The lowest BCUT2D eigenvalue weighted by Gasteiger charge is -2.19. The van der Waals surface area contributed by atoms with Gasteiger partial charge in [0.25, 0.3) is 0 Å². The summed E-state index contributed by atoms with van der Waals surface area (Å²) >= 11 is 0. The van der Waals surface area contributed by atoms with E-state index in [1.165, 1.54) is 0 Å². The normalized spacial score (nSPS) is 44.4. The summed E-state index contributed by atoms with van der Waals surface area (Å²) in [5.74, 6) is 0. The Morgan fingerprint density at radius 2 is 2.36 bits per heavy atom. The highest BCUT2D eigenvalue weighted by Crippen LogP contribution is 2.68. The van der Waals surface area contributed by atoms with E-state index in [2.05, 4.69) is 0 Å². The molecule has 2 rings (SSSR count). The molecule has 3 atom stereocenters. The van der Waals surface area contributed by atoms with Crippen molar-refractivity contribution in [2.75, 3.05) is 6.61 Å². The number of aliphatic hydroxyl groups is 1. The van der Waals surface area contributed by atoms with E-state index in [1.807, 2.05) is 6.92 Å². The van der Waals surface area contributed by atoms with E-state index in [0.29, 0.717) is 6.61 Å². The second-order valence-corrected chi connectivity index (χ2v) is 4.47. The highest BCUT2D eigenvalue weighted by molar-refractivity contribution is 5.62. The Morgan fingerprint density at radius 1 is 1.64 bits per heavy atom. The van der Waals surface area contributed by atoms with Crippen LogP contribution in [0.15, 0.2) is 0 Å². The minimum absolute atomic E-state index is 0.0147. The van der Waals surface area contributed by atoms with Gasteiger partial charge < -0.3 is 14.6 Å². The van der Waals surface area contributed by atoms with Crippen molar-refractivity contribution in [1.29, 1.82) is 0 Å². The zero-order chi connectivity index (χ0) is 10.4. The average molecular weight is 200 g/mol. The highest BCUT2D eigenvalue weighted by Gasteiger charge is 2.75. The van der Waals surface area contributed by atoms with Crippen LogP contribution in [0.2, 0.25) is 0 Å². The van der Waals surface area contributed by atoms with Crippen LogP contribution in [0, 0.1) is 5.41 Å². The topological polar surface area (TPSA) is 55.8 Å². The van der Waals surface area contributed by atoms with Crippen molar-refractivity contribution in [3.05, 3.63) is 0 Å². The van der Waals surface area contributed by atoms with Gasteiger partial charge in [0.15, 0.2) is 0 Å². The van der Waals surface area contributed by atoms with Crippen molar-refractivity contribution in [1.82, 2.24) is 0 Å². The van der Waals surface area contributed by atoms with Gasteiger partial charge in [-0.15, -0.1) is 0 Å². The molecule has 80 valence electrons. The Bertz CT molecular complexity index is 265. The Morgan fingerprint density at radius 3 is 2.79 bits per heavy atom. The molecule has 2 saturated carbocycles. The molecule has 0 spiro atoms. The molecular weight excluding hydrogens is 184 g/mol. The lowest BCUT2D eigenvalue weighted by Crippen LogP contribution is -2.33. The Balaban J connectivity index is 2.01. The molecule has 0 aromatic rings. The number of rotatable bonds is 2. The minimum Gasteiger partial charge on any atom is -0.435 e. The molecule has 0 aromatic heterocycles. The van der Waals surface area contributed by atoms with Crippen LogP contribution in [0.25, 0.3) is 0 Å². The van der Waals surface area contributed by atoms with Crippen LogP contribution < -0.4 is 0 Å². The summed E-state index contributed by atoms with van der Waals surface area (Å²) in [5, 5.41) is 9.74. The summed E-state index contributed by atoms with van der Waals surface area (Å²) in [5.41, 5.74) is -0.654. The number of fused-ring (bicyclic) bond motifs is 1. The zero-order valence-electron chi connectivity index (χ0n) is 8.58. The molecule has 3 unspecified atom stereocenters. The first kappa shape index (κ1) is 9.77. The first-order valence-electron chi connectivity index (χ1n) is 5.08. The third kappa shape index (κ3) is 1.13. The summed E-state index contributed by atoms with van der Waals surface area (Å²) in [7, 11) is 0. The van der Waals surface area contributed by atoms with Crippen LogP contribution in [0.5, 0.6) is 0 Å². The molecule has 14 heavy (non-hydrogen) atoms. The average Bonchev–Trinajstić information content (AvgIpc) is 2.62. The van der Waals surface area contributed by atoms with Gasteiger partial charge >= 0.3 is 6.16 Å². The number of carbonyl (C=O) groups excluding carboxylic acids is 1. The lowest BCUT2D eigenvalue weighted by molar-refractivity contribution is -0.0466. The second-order valence-electron chi connectivity index (χ2n) is 4.47. The smallest absolute Gasteiger partial charge is 0.435 e. The van der Waals surface area contributed by atoms with Gasteiger partial charge in [0, 0.05) is 5.41 Å².